The zero-order valence-electron chi connectivity index (χ0n) is 16.4. The molecule has 6 heteroatoms. The van der Waals surface area contributed by atoms with Gasteiger partial charge in [0.25, 0.3) is 5.91 Å². The van der Waals surface area contributed by atoms with Crippen molar-refractivity contribution >= 4 is 17.5 Å². The van der Waals surface area contributed by atoms with Crippen LogP contribution in [0.1, 0.15) is 41.7 Å². The van der Waals surface area contributed by atoms with Crippen LogP contribution in [0.2, 0.25) is 0 Å². The molecule has 0 bridgehead atoms. The monoisotopic (exact) mass is 381 g/mol. The van der Waals surface area contributed by atoms with Crippen molar-refractivity contribution in [2.75, 3.05) is 32.1 Å². The molecule has 1 saturated heterocycles. The number of hydrogen-bond acceptors (Lipinski definition) is 4. The summed E-state index contributed by atoms with van der Waals surface area (Å²) in [6.45, 7) is 4.05. The van der Waals surface area contributed by atoms with Crippen LogP contribution < -0.4 is 15.4 Å². The van der Waals surface area contributed by atoms with Gasteiger partial charge in [0.1, 0.15) is 5.75 Å². The molecule has 2 aromatic carbocycles. The van der Waals surface area contributed by atoms with Crippen molar-refractivity contribution in [3.63, 3.8) is 0 Å². The number of hydrogen-bond donors (Lipinski definition) is 2. The van der Waals surface area contributed by atoms with Crippen molar-refractivity contribution in [1.29, 1.82) is 0 Å². The predicted molar refractivity (Wildman–Crippen MR) is 110 cm³/mol. The van der Waals surface area contributed by atoms with E-state index >= 15 is 0 Å². The molecule has 0 saturated carbocycles. The Kier molecular flexibility index (Phi) is 6.66. The number of ether oxygens (including phenoxy) is 1. The van der Waals surface area contributed by atoms with Crippen LogP contribution >= 0.6 is 0 Å². The van der Waals surface area contributed by atoms with E-state index in [1.54, 1.807) is 31.4 Å². The number of likely N-dealkylation sites (tertiary alicyclic amines) is 1. The molecule has 1 heterocycles. The molecule has 0 spiro atoms. The molecule has 2 aromatic rings. The van der Waals surface area contributed by atoms with Crippen LogP contribution in [0.4, 0.5) is 5.69 Å². The number of amides is 2. The zero-order chi connectivity index (χ0) is 19.9. The Morgan fingerprint density at radius 3 is 2.46 bits per heavy atom. The minimum absolute atomic E-state index is 0.111. The third kappa shape index (κ3) is 5.10. The number of methoxy groups -OCH3 is 1. The van der Waals surface area contributed by atoms with Crippen LogP contribution in [0.5, 0.6) is 5.75 Å². The smallest absolute Gasteiger partial charge is 0.251 e. The minimum atomic E-state index is -0.135. The molecular formula is C22H27N3O3. The molecule has 1 aliphatic rings. The number of anilines is 1. The molecular weight excluding hydrogens is 354 g/mol. The molecule has 1 atom stereocenters. The third-order valence-electron chi connectivity index (χ3n) is 4.98. The summed E-state index contributed by atoms with van der Waals surface area (Å²) in [5, 5.41) is 5.76. The Morgan fingerprint density at radius 1 is 1.11 bits per heavy atom. The Hall–Kier alpha value is -2.86. The Bertz CT molecular complexity index is 814. The first kappa shape index (κ1) is 19.9. The Balaban J connectivity index is 1.68. The lowest BCUT2D eigenvalue weighted by Crippen LogP contribution is -2.36. The van der Waals surface area contributed by atoms with Crippen LogP contribution in [0, 0.1) is 0 Å². The molecule has 1 unspecified atom stereocenters. The minimum Gasteiger partial charge on any atom is -0.497 e. The average Bonchev–Trinajstić information content (AvgIpc) is 3.23. The summed E-state index contributed by atoms with van der Waals surface area (Å²) in [7, 11) is 1.66. The van der Waals surface area contributed by atoms with Gasteiger partial charge in [-0.05, 0) is 67.9 Å². The summed E-state index contributed by atoms with van der Waals surface area (Å²) in [4.78, 5) is 26.1. The lowest BCUT2D eigenvalue weighted by molar-refractivity contribution is -0.114. The first-order valence-corrected chi connectivity index (χ1v) is 9.60. The standard InChI is InChI=1S/C22H27N3O3/c1-16(26)24-19-10-8-17(9-11-19)22(27)23-15-21(25-12-3-4-13-25)18-6-5-7-20(14-18)28-2/h5-11,14,21H,3-4,12-13,15H2,1-2H3,(H,23,27)(H,24,26). The molecule has 3 rings (SSSR count). The molecule has 0 radical (unpaired) electrons. The molecule has 148 valence electrons. The predicted octanol–water partition coefficient (Wildman–Crippen LogP) is 3.22. The van der Waals surface area contributed by atoms with Crippen LogP contribution in [-0.2, 0) is 4.79 Å². The number of nitrogens with one attached hydrogen (secondary N) is 2. The van der Waals surface area contributed by atoms with Gasteiger partial charge in [0.2, 0.25) is 5.91 Å². The first-order chi connectivity index (χ1) is 13.6. The zero-order valence-corrected chi connectivity index (χ0v) is 16.4. The molecule has 1 fully saturated rings. The van der Waals surface area contributed by atoms with Crippen molar-refractivity contribution in [2.24, 2.45) is 0 Å². The summed E-state index contributed by atoms with van der Waals surface area (Å²) in [6.07, 6.45) is 2.36. The first-order valence-electron chi connectivity index (χ1n) is 9.60. The van der Waals surface area contributed by atoms with E-state index in [0.29, 0.717) is 17.8 Å². The van der Waals surface area contributed by atoms with Crippen LogP contribution in [0.3, 0.4) is 0 Å². The van der Waals surface area contributed by atoms with E-state index in [9.17, 15) is 9.59 Å². The second kappa shape index (κ2) is 9.37. The normalized spacial score (nSPS) is 15.1. The molecule has 28 heavy (non-hydrogen) atoms. The summed E-state index contributed by atoms with van der Waals surface area (Å²) in [5.41, 5.74) is 2.39. The largest absolute Gasteiger partial charge is 0.497 e. The molecule has 2 amide bonds. The van der Waals surface area contributed by atoms with E-state index in [4.69, 9.17) is 4.74 Å². The van der Waals surface area contributed by atoms with Crippen molar-refractivity contribution < 1.29 is 14.3 Å². The van der Waals surface area contributed by atoms with Gasteiger partial charge in [-0.25, -0.2) is 0 Å². The van der Waals surface area contributed by atoms with Gasteiger partial charge in [-0.3, -0.25) is 14.5 Å². The summed E-state index contributed by atoms with van der Waals surface area (Å²) in [6, 6.07) is 15.1. The Morgan fingerprint density at radius 2 is 1.82 bits per heavy atom. The van der Waals surface area contributed by atoms with Crippen LogP contribution in [0.25, 0.3) is 0 Å². The van der Waals surface area contributed by atoms with Gasteiger partial charge >= 0.3 is 0 Å². The van der Waals surface area contributed by atoms with Gasteiger partial charge in [0.15, 0.2) is 0 Å². The van der Waals surface area contributed by atoms with Gasteiger partial charge in [-0.2, -0.15) is 0 Å². The van der Waals surface area contributed by atoms with Crippen LogP contribution in [0.15, 0.2) is 48.5 Å². The quantitative estimate of drug-likeness (QED) is 0.773. The maximum atomic E-state index is 12.6. The topological polar surface area (TPSA) is 70.7 Å². The van der Waals surface area contributed by atoms with Crippen molar-refractivity contribution in [3.8, 4) is 5.75 Å². The fourth-order valence-corrected chi connectivity index (χ4v) is 3.56. The highest BCUT2D eigenvalue weighted by atomic mass is 16.5. The fraction of sp³-hybridized carbons (Fsp3) is 0.364. The van der Waals surface area contributed by atoms with E-state index in [0.717, 1.165) is 24.4 Å². The maximum Gasteiger partial charge on any atom is 0.251 e. The summed E-state index contributed by atoms with van der Waals surface area (Å²) >= 11 is 0. The van der Waals surface area contributed by atoms with Gasteiger partial charge in [-0.15, -0.1) is 0 Å². The second-order valence-electron chi connectivity index (χ2n) is 7.00. The maximum absolute atomic E-state index is 12.6. The van der Waals surface area contributed by atoms with E-state index < -0.39 is 0 Å². The highest BCUT2D eigenvalue weighted by Crippen LogP contribution is 2.27. The molecule has 6 nitrogen and oxygen atoms in total. The number of rotatable bonds is 7. The average molecular weight is 381 g/mol. The van der Waals surface area contributed by atoms with E-state index in [2.05, 4.69) is 21.6 Å². The summed E-state index contributed by atoms with van der Waals surface area (Å²) in [5.74, 6) is 0.562. The molecule has 0 aliphatic carbocycles. The number of nitrogens with zero attached hydrogens (tertiary/aromatic N) is 1. The van der Waals surface area contributed by atoms with Gasteiger partial charge in [0, 0.05) is 24.7 Å². The van der Waals surface area contributed by atoms with Gasteiger partial charge in [-0.1, -0.05) is 12.1 Å². The molecule has 1 aliphatic heterocycles. The van der Waals surface area contributed by atoms with Crippen molar-refractivity contribution in [1.82, 2.24) is 10.2 Å². The summed E-state index contributed by atoms with van der Waals surface area (Å²) < 4.78 is 5.37. The molecule has 2 N–H and O–H groups in total. The lowest BCUT2D eigenvalue weighted by atomic mass is 10.0. The van der Waals surface area contributed by atoms with E-state index in [1.807, 2.05) is 18.2 Å². The van der Waals surface area contributed by atoms with E-state index in [1.165, 1.54) is 19.8 Å². The number of carbonyl (C=O) groups is 2. The molecule has 0 aromatic heterocycles. The van der Waals surface area contributed by atoms with Crippen molar-refractivity contribution in [3.05, 3.63) is 59.7 Å². The van der Waals surface area contributed by atoms with E-state index in [-0.39, 0.29) is 17.9 Å². The van der Waals surface area contributed by atoms with Crippen molar-refractivity contribution in [2.45, 2.75) is 25.8 Å². The van der Waals surface area contributed by atoms with Gasteiger partial charge < -0.3 is 15.4 Å². The number of benzene rings is 2. The highest BCUT2D eigenvalue weighted by Gasteiger charge is 2.24. The third-order valence-corrected chi connectivity index (χ3v) is 4.98. The second-order valence-corrected chi connectivity index (χ2v) is 7.00. The van der Waals surface area contributed by atoms with Crippen LogP contribution in [-0.4, -0.2) is 43.5 Å². The lowest BCUT2D eigenvalue weighted by Gasteiger charge is -2.28. The Labute approximate surface area is 165 Å². The number of carbonyl (C=O) groups excluding carboxylic acids is 2. The fourth-order valence-electron chi connectivity index (χ4n) is 3.56. The SMILES string of the molecule is COc1cccc(C(CNC(=O)c2ccc(NC(C)=O)cc2)N2CCCC2)c1. The highest BCUT2D eigenvalue weighted by molar-refractivity contribution is 5.95. The van der Waals surface area contributed by atoms with Gasteiger partial charge in [0.05, 0.1) is 13.2 Å².